The predicted molar refractivity (Wildman–Crippen MR) is 114 cm³/mol. The number of likely N-dealkylation sites (tertiary alicyclic amines) is 1. The molecule has 0 radical (unpaired) electrons. The van der Waals surface area contributed by atoms with Gasteiger partial charge in [-0.2, -0.15) is 0 Å². The average Bonchev–Trinajstić information content (AvgIpc) is 3.00. The summed E-state index contributed by atoms with van der Waals surface area (Å²) in [5.41, 5.74) is 1.89. The molecule has 1 aliphatic rings. The number of benzene rings is 2. The van der Waals surface area contributed by atoms with Crippen LogP contribution in [0, 0.1) is 0 Å². The summed E-state index contributed by atoms with van der Waals surface area (Å²) in [5.74, 6) is -0.0242. The first-order valence-corrected chi connectivity index (χ1v) is 10.2. The average molecular weight is 397 g/mol. The highest BCUT2D eigenvalue weighted by Crippen LogP contribution is 2.25. The van der Waals surface area contributed by atoms with Crippen molar-refractivity contribution >= 4 is 5.91 Å². The highest BCUT2D eigenvalue weighted by molar-refractivity contribution is 5.83. The van der Waals surface area contributed by atoms with Crippen molar-refractivity contribution in [2.24, 2.45) is 0 Å². The number of hydrogen-bond acceptors (Lipinski definition) is 4. The van der Waals surface area contributed by atoms with Crippen LogP contribution in [0.25, 0.3) is 0 Å². The van der Waals surface area contributed by atoms with Gasteiger partial charge >= 0.3 is 0 Å². The number of ether oxygens (including phenoxy) is 2. The van der Waals surface area contributed by atoms with Gasteiger partial charge < -0.3 is 14.8 Å². The van der Waals surface area contributed by atoms with E-state index in [9.17, 15) is 4.79 Å². The summed E-state index contributed by atoms with van der Waals surface area (Å²) in [7, 11) is 1.96. The Labute approximate surface area is 174 Å². The molecule has 0 saturated carbocycles. The molecule has 1 aliphatic heterocycles. The minimum Gasteiger partial charge on any atom is -0.369 e. The number of likely N-dealkylation sites (N-methyl/N-ethyl adjacent to an activating group) is 1. The second-order valence-corrected chi connectivity index (χ2v) is 8.72. The first-order valence-electron chi connectivity index (χ1n) is 10.2. The zero-order chi connectivity index (χ0) is 20.9. The lowest BCUT2D eigenvalue weighted by molar-refractivity contribution is -0.133. The van der Waals surface area contributed by atoms with Gasteiger partial charge in [-0.25, -0.2) is 0 Å². The normalized spacial score (nSPS) is 22.6. The molecule has 5 nitrogen and oxygen atoms in total. The van der Waals surface area contributed by atoms with Crippen LogP contribution in [-0.2, 0) is 27.5 Å². The van der Waals surface area contributed by atoms with E-state index in [0.29, 0.717) is 19.8 Å². The van der Waals surface area contributed by atoms with Crippen LogP contribution in [0.5, 0.6) is 0 Å². The van der Waals surface area contributed by atoms with Gasteiger partial charge in [0, 0.05) is 12.1 Å². The summed E-state index contributed by atoms with van der Waals surface area (Å²) in [4.78, 5) is 15.1. The number of nitrogens with one attached hydrogen (secondary N) is 1. The lowest BCUT2D eigenvalue weighted by atomic mass is 10.1. The monoisotopic (exact) mass is 396 g/mol. The number of hydrogen-bond donors (Lipinski definition) is 1. The van der Waals surface area contributed by atoms with E-state index in [1.54, 1.807) is 0 Å². The standard InChI is InChI=1S/C24H32N2O3/c1-24(2,3)25-23(27)21-22(29-17-19-13-9-6-10-14-19)20(15-26(21)4)28-16-18-11-7-5-8-12-18/h5-14,20-22H,15-17H2,1-4H3,(H,25,27)/t20-,21+,22+/m1/s1. The third-order valence-corrected chi connectivity index (χ3v) is 4.98. The number of rotatable bonds is 7. The molecule has 29 heavy (non-hydrogen) atoms. The van der Waals surface area contributed by atoms with Crippen LogP contribution in [0.4, 0.5) is 0 Å². The molecule has 0 aromatic heterocycles. The molecule has 1 fully saturated rings. The molecule has 3 atom stereocenters. The van der Waals surface area contributed by atoms with E-state index in [4.69, 9.17) is 9.47 Å². The van der Waals surface area contributed by atoms with Crippen molar-refractivity contribution in [2.45, 2.75) is 57.8 Å². The van der Waals surface area contributed by atoms with E-state index in [1.165, 1.54) is 0 Å². The fourth-order valence-electron chi connectivity index (χ4n) is 3.64. The minimum atomic E-state index is -0.390. The minimum absolute atomic E-state index is 0.0242. The Morgan fingerprint density at radius 1 is 0.966 bits per heavy atom. The van der Waals surface area contributed by atoms with Gasteiger partial charge in [-0.05, 0) is 38.9 Å². The Morgan fingerprint density at radius 3 is 2.00 bits per heavy atom. The first kappa shape index (κ1) is 21.5. The Hall–Kier alpha value is -2.21. The molecule has 0 unspecified atom stereocenters. The van der Waals surface area contributed by atoms with Crippen LogP contribution in [-0.4, -0.2) is 48.2 Å². The van der Waals surface area contributed by atoms with Gasteiger partial charge in [0.15, 0.2) is 0 Å². The topological polar surface area (TPSA) is 50.8 Å². The maximum absolute atomic E-state index is 13.0. The Morgan fingerprint density at radius 2 is 1.48 bits per heavy atom. The molecule has 0 aliphatic carbocycles. The number of amides is 1. The SMILES string of the molecule is CN1C[C@@H](OCc2ccccc2)[C@H](OCc2ccccc2)[C@H]1C(=O)NC(C)(C)C. The smallest absolute Gasteiger partial charge is 0.240 e. The van der Waals surface area contributed by atoms with Crippen molar-refractivity contribution < 1.29 is 14.3 Å². The molecule has 1 amide bonds. The fourth-order valence-corrected chi connectivity index (χ4v) is 3.64. The van der Waals surface area contributed by atoms with Crippen LogP contribution in [0.3, 0.4) is 0 Å². The van der Waals surface area contributed by atoms with E-state index in [2.05, 4.69) is 5.32 Å². The zero-order valence-corrected chi connectivity index (χ0v) is 17.8. The molecular formula is C24H32N2O3. The predicted octanol–water partition coefficient (Wildman–Crippen LogP) is 3.39. The quantitative estimate of drug-likeness (QED) is 0.780. The highest BCUT2D eigenvalue weighted by atomic mass is 16.5. The number of nitrogens with zero attached hydrogens (tertiary/aromatic N) is 1. The fraction of sp³-hybridized carbons (Fsp3) is 0.458. The van der Waals surface area contributed by atoms with Crippen molar-refractivity contribution in [1.82, 2.24) is 10.2 Å². The van der Waals surface area contributed by atoms with E-state index in [1.807, 2.05) is 93.4 Å². The van der Waals surface area contributed by atoms with Crippen molar-refractivity contribution in [3.05, 3.63) is 71.8 Å². The molecule has 2 aromatic rings. The third-order valence-electron chi connectivity index (χ3n) is 4.98. The van der Waals surface area contributed by atoms with Gasteiger partial charge in [0.2, 0.25) is 5.91 Å². The van der Waals surface area contributed by atoms with Gasteiger partial charge in [0.05, 0.1) is 19.3 Å². The summed E-state index contributed by atoms with van der Waals surface area (Å²) in [6.45, 7) is 7.56. The van der Waals surface area contributed by atoms with Gasteiger partial charge in [-0.1, -0.05) is 60.7 Å². The van der Waals surface area contributed by atoms with E-state index in [0.717, 1.165) is 11.1 Å². The highest BCUT2D eigenvalue weighted by Gasteiger charge is 2.46. The van der Waals surface area contributed by atoms with Gasteiger partial charge in [-0.15, -0.1) is 0 Å². The summed E-state index contributed by atoms with van der Waals surface area (Å²) in [6.07, 6.45) is -0.522. The molecule has 156 valence electrons. The Balaban J connectivity index is 1.73. The summed E-state index contributed by atoms with van der Waals surface area (Å²) in [5, 5.41) is 3.10. The maximum atomic E-state index is 13.0. The third kappa shape index (κ3) is 6.13. The second kappa shape index (κ2) is 9.53. The molecule has 1 N–H and O–H groups in total. The molecule has 1 saturated heterocycles. The summed E-state index contributed by atoms with van der Waals surface area (Å²) < 4.78 is 12.5. The van der Waals surface area contributed by atoms with E-state index >= 15 is 0 Å². The first-order chi connectivity index (χ1) is 13.8. The van der Waals surface area contributed by atoms with Gasteiger partial charge in [-0.3, -0.25) is 9.69 Å². The van der Waals surface area contributed by atoms with Crippen LogP contribution in [0.15, 0.2) is 60.7 Å². The molecule has 0 bridgehead atoms. The molecule has 5 heteroatoms. The molecule has 0 spiro atoms. The lowest BCUT2D eigenvalue weighted by Gasteiger charge is -2.29. The second-order valence-electron chi connectivity index (χ2n) is 8.72. The summed E-state index contributed by atoms with van der Waals surface area (Å²) >= 11 is 0. The zero-order valence-electron chi connectivity index (χ0n) is 17.8. The van der Waals surface area contributed by atoms with Crippen molar-refractivity contribution in [2.75, 3.05) is 13.6 Å². The number of carbonyl (C=O) groups is 1. The van der Waals surface area contributed by atoms with Crippen molar-refractivity contribution in [3.63, 3.8) is 0 Å². The molecular weight excluding hydrogens is 364 g/mol. The van der Waals surface area contributed by atoms with Crippen LogP contribution < -0.4 is 5.32 Å². The van der Waals surface area contributed by atoms with Crippen LogP contribution in [0.1, 0.15) is 31.9 Å². The van der Waals surface area contributed by atoms with Crippen LogP contribution in [0.2, 0.25) is 0 Å². The van der Waals surface area contributed by atoms with Crippen LogP contribution >= 0.6 is 0 Å². The Kier molecular flexibility index (Phi) is 7.06. The number of carbonyl (C=O) groups excluding carboxylic acids is 1. The Bertz CT molecular complexity index is 774. The van der Waals surface area contributed by atoms with Crippen molar-refractivity contribution in [1.29, 1.82) is 0 Å². The summed E-state index contributed by atoms with van der Waals surface area (Å²) in [6, 6.07) is 19.7. The lowest BCUT2D eigenvalue weighted by Crippen LogP contribution is -2.53. The van der Waals surface area contributed by atoms with Gasteiger partial charge in [0.25, 0.3) is 0 Å². The molecule has 3 rings (SSSR count). The molecule has 2 aromatic carbocycles. The largest absolute Gasteiger partial charge is 0.369 e. The van der Waals surface area contributed by atoms with Crippen molar-refractivity contribution in [3.8, 4) is 0 Å². The van der Waals surface area contributed by atoms with Gasteiger partial charge in [0.1, 0.15) is 12.1 Å². The molecule has 1 heterocycles. The maximum Gasteiger partial charge on any atom is 0.240 e. The van der Waals surface area contributed by atoms with E-state index < -0.39 is 6.04 Å². The van der Waals surface area contributed by atoms with E-state index in [-0.39, 0.29) is 23.7 Å².